The number of halogens is 2. The predicted octanol–water partition coefficient (Wildman–Crippen LogP) is 5.03. The van der Waals surface area contributed by atoms with Crippen LogP contribution in [-0.2, 0) is 4.74 Å². The number of fused-ring (bicyclic) bond motifs is 3. The summed E-state index contributed by atoms with van der Waals surface area (Å²) in [6.07, 6.45) is -1.07. The zero-order valence-corrected chi connectivity index (χ0v) is 16.3. The van der Waals surface area contributed by atoms with E-state index in [1.807, 2.05) is 48.5 Å². The minimum Gasteiger partial charge on any atom is -0.491 e. The molecule has 1 amide bonds. The third-order valence-electron chi connectivity index (χ3n) is 5.18. The standard InChI is InChI=1S/C23H17F2NO5/c1-30-21-18(24)10-16(22(27)28)20(19(21)25)26-23(29)31-11-17-14-8-4-2-6-12(14)13-7-3-5-9-15(13)17/h2-10,17H,11H2,1H3,(H,26,29)(H,27,28). The molecule has 31 heavy (non-hydrogen) atoms. The molecule has 0 unspecified atom stereocenters. The molecule has 4 rings (SSSR count). The summed E-state index contributed by atoms with van der Waals surface area (Å²) in [4.78, 5) is 23.8. The highest BCUT2D eigenvalue weighted by atomic mass is 19.1. The Balaban J connectivity index is 1.57. The Kier molecular flexibility index (Phi) is 5.29. The normalized spacial score (nSPS) is 12.1. The number of carbonyl (C=O) groups excluding carboxylic acids is 1. The van der Waals surface area contributed by atoms with Gasteiger partial charge in [0.1, 0.15) is 6.61 Å². The maximum Gasteiger partial charge on any atom is 0.411 e. The Labute approximate surface area is 176 Å². The van der Waals surface area contributed by atoms with Crippen LogP contribution in [0.2, 0.25) is 0 Å². The van der Waals surface area contributed by atoms with Crippen molar-refractivity contribution in [2.75, 3.05) is 19.0 Å². The van der Waals surface area contributed by atoms with Gasteiger partial charge in [0.05, 0.1) is 18.4 Å². The zero-order valence-electron chi connectivity index (χ0n) is 16.3. The fourth-order valence-electron chi connectivity index (χ4n) is 3.82. The van der Waals surface area contributed by atoms with E-state index in [-0.39, 0.29) is 12.5 Å². The molecule has 0 aliphatic heterocycles. The number of nitrogens with one attached hydrogen (secondary N) is 1. The van der Waals surface area contributed by atoms with Gasteiger partial charge in [0, 0.05) is 5.92 Å². The molecule has 0 atom stereocenters. The summed E-state index contributed by atoms with van der Waals surface area (Å²) in [5.74, 6) is -5.19. The van der Waals surface area contributed by atoms with E-state index in [0.717, 1.165) is 29.4 Å². The molecule has 8 heteroatoms. The number of hydrogen-bond donors (Lipinski definition) is 2. The van der Waals surface area contributed by atoms with Gasteiger partial charge < -0.3 is 14.6 Å². The summed E-state index contributed by atoms with van der Waals surface area (Å²) in [5.41, 5.74) is 2.55. The molecular weight excluding hydrogens is 408 g/mol. The van der Waals surface area contributed by atoms with Crippen LogP contribution in [0.5, 0.6) is 5.75 Å². The second-order valence-electron chi connectivity index (χ2n) is 6.88. The zero-order chi connectivity index (χ0) is 22.1. The van der Waals surface area contributed by atoms with Crippen molar-refractivity contribution in [1.82, 2.24) is 0 Å². The van der Waals surface area contributed by atoms with E-state index >= 15 is 0 Å². The molecule has 6 nitrogen and oxygen atoms in total. The summed E-state index contributed by atoms with van der Waals surface area (Å²) in [6, 6.07) is 16.0. The first kappa shape index (κ1) is 20.3. The van der Waals surface area contributed by atoms with Crippen LogP contribution in [0.3, 0.4) is 0 Å². The van der Waals surface area contributed by atoms with Crippen LogP contribution in [0.15, 0.2) is 54.6 Å². The molecule has 1 aliphatic carbocycles. The molecule has 0 heterocycles. The molecule has 3 aromatic rings. The Morgan fingerprint density at radius 2 is 1.61 bits per heavy atom. The molecule has 3 aromatic carbocycles. The van der Waals surface area contributed by atoms with Gasteiger partial charge in [-0.2, -0.15) is 0 Å². The van der Waals surface area contributed by atoms with Gasteiger partial charge in [-0.05, 0) is 28.3 Å². The predicted molar refractivity (Wildman–Crippen MR) is 109 cm³/mol. The van der Waals surface area contributed by atoms with Crippen LogP contribution < -0.4 is 10.1 Å². The van der Waals surface area contributed by atoms with Crippen LogP contribution in [-0.4, -0.2) is 30.9 Å². The lowest BCUT2D eigenvalue weighted by molar-refractivity contribution is 0.0697. The number of carbonyl (C=O) groups is 2. The highest BCUT2D eigenvalue weighted by Gasteiger charge is 2.30. The number of hydrogen-bond acceptors (Lipinski definition) is 4. The number of benzene rings is 3. The van der Waals surface area contributed by atoms with E-state index in [1.54, 1.807) is 0 Å². The number of carboxylic acid groups (broad SMARTS) is 1. The SMILES string of the molecule is COc1c(F)cc(C(=O)O)c(NC(=O)OCC2c3ccccc3-c3ccccc32)c1F. The monoisotopic (exact) mass is 425 g/mol. The van der Waals surface area contributed by atoms with Gasteiger partial charge >= 0.3 is 12.1 Å². The fraction of sp³-hybridized carbons (Fsp3) is 0.130. The molecule has 0 radical (unpaired) electrons. The molecule has 0 bridgehead atoms. The number of rotatable bonds is 5. The molecule has 2 N–H and O–H groups in total. The highest BCUT2D eigenvalue weighted by Crippen LogP contribution is 2.44. The Bertz CT molecular complexity index is 1150. The minimum absolute atomic E-state index is 0.0534. The molecule has 1 aliphatic rings. The van der Waals surface area contributed by atoms with Crippen LogP contribution in [0.25, 0.3) is 11.1 Å². The van der Waals surface area contributed by atoms with Crippen LogP contribution in [0.4, 0.5) is 19.3 Å². The minimum atomic E-state index is -1.62. The highest BCUT2D eigenvalue weighted by molar-refractivity contribution is 5.99. The summed E-state index contributed by atoms with van der Waals surface area (Å²) < 4.78 is 38.3. The number of carboxylic acids is 1. The number of anilines is 1. The topological polar surface area (TPSA) is 84.9 Å². The summed E-state index contributed by atoms with van der Waals surface area (Å²) in [7, 11) is 1.03. The van der Waals surface area contributed by atoms with Gasteiger partial charge in [0.2, 0.25) is 0 Å². The third-order valence-corrected chi connectivity index (χ3v) is 5.18. The molecule has 0 spiro atoms. The molecular formula is C23H17F2NO5. The molecule has 158 valence electrons. The first-order chi connectivity index (χ1) is 14.9. The number of aromatic carboxylic acids is 1. The van der Waals surface area contributed by atoms with E-state index in [0.29, 0.717) is 6.07 Å². The lowest BCUT2D eigenvalue weighted by Gasteiger charge is -2.16. The second kappa shape index (κ2) is 8.06. The van der Waals surface area contributed by atoms with Gasteiger partial charge in [0.25, 0.3) is 0 Å². The van der Waals surface area contributed by atoms with Gasteiger partial charge in [-0.3, -0.25) is 5.32 Å². The molecule has 0 saturated carbocycles. The second-order valence-corrected chi connectivity index (χ2v) is 6.88. The van der Waals surface area contributed by atoms with Crippen molar-refractivity contribution >= 4 is 17.7 Å². The number of ether oxygens (including phenoxy) is 2. The maximum absolute atomic E-state index is 14.6. The lowest BCUT2D eigenvalue weighted by Crippen LogP contribution is -2.20. The largest absolute Gasteiger partial charge is 0.491 e. The number of amides is 1. The summed E-state index contributed by atoms with van der Waals surface area (Å²) >= 11 is 0. The average Bonchev–Trinajstić information content (AvgIpc) is 3.08. The van der Waals surface area contributed by atoms with Crippen molar-refractivity contribution in [3.8, 4) is 16.9 Å². The van der Waals surface area contributed by atoms with Gasteiger partial charge in [-0.15, -0.1) is 0 Å². The van der Waals surface area contributed by atoms with Gasteiger partial charge in [-0.25, -0.2) is 18.4 Å². The summed E-state index contributed by atoms with van der Waals surface area (Å²) in [6.45, 7) is -0.0534. The van der Waals surface area contributed by atoms with Crippen LogP contribution in [0.1, 0.15) is 27.4 Å². The van der Waals surface area contributed by atoms with E-state index < -0.39 is 40.7 Å². The summed E-state index contributed by atoms with van der Waals surface area (Å²) in [5, 5.41) is 11.3. The van der Waals surface area contributed by atoms with Crippen LogP contribution >= 0.6 is 0 Å². The van der Waals surface area contributed by atoms with Crippen molar-refractivity contribution in [3.63, 3.8) is 0 Å². The van der Waals surface area contributed by atoms with Crippen molar-refractivity contribution in [1.29, 1.82) is 0 Å². The Morgan fingerprint density at radius 1 is 1.03 bits per heavy atom. The Morgan fingerprint density at radius 3 is 2.16 bits per heavy atom. The third kappa shape index (κ3) is 3.56. The quantitative estimate of drug-likeness (QED) is 0.599. The first-order valence-corrected chi connectivity index (χ1v) is 9.33. The van der Waals surface area contributed by atoms with Crippen molar-refractivity contribution < 1.29 is 33.0 Å². The first-order valence-electron chi connectivity index (χ1n) is 9.33. The van der Waals surface area contributed by atoms with Gasteiger partial charge in [0.15, 0.2) is 17.4 Å². The van der Waals surface area contributed by atoms with Crippen molar-refractivity contribution in [2.24, 2.45) is 0 Å². The molecule has 0 saturated heterocycles. The average molecular weight is 425 g/mol. The smallest absolute Gasteiger partial charge is 0.411 e. The van der Waals surface area contributed by atoms with E-state index in [9.17, 15) is 23.5 Å². The van der Waals surface area contributed by atoms with Crippen molar-refractivity contribution in [3.05, 3.63) is 82.9 Å². The van der Waals surface area contributed by atoms with Crippen molar-refractivity contribution in [2.45, 2.75) is 5.92 Å². The van der Waals surface area contributed by atoms with Crippen LogP contribution in [0, 0.1) is 11.6 Å². The van der Waals surface area contributed by atoms with E-state index in [1.165, 1.54) is 0 Å². The lowest BCUT2D eigenvalue weighted by atomic mass is 9.98. The van der Waals surface area contributed by atoms with E-state index in [4.69, 9.17) is 4.74 Å². The molecule has 0 fully saturated rings. The number of methoxy groups -OCH3 is 1. The molecule has 0 aromatic heterocycles. The fourth-order valence-corrected chi connectivity index (χ4v) is 3.82. The van der Waals surface area contributed by atoms with E-state index in [2.05, 4.69) is 10.1 Å². The van der Waals surface area contributed by atoms with Gasteiger partial charge in [-0.1, -0.05) is 48.5 Å². The Hall–Kier alpha value is -3.94. The maximum atomic E-state index is 14.6.